The van der Waals surface area contributed by atoms with E-state index in [2.05, 4.69) is 57.2 Å². The Kier molecular flexibility index (Phi) is 5.56. The Balaban J connectivity index is 1.33. The molecule has 3 aromatic rings. The van der Waals surface area contributed by atoms with Gasteiger partial charge in [-0.25, -0.2) is 4.98 Å². The highest BCUT2D eigenvalue weighted by Gasteiger charge is 2.27. The molecule has 1 aromatic carbocycles. The number of benzene rings is 1. The highest BCUT2D eigenvalue weighted by Crippen LogP contribution is 2.31. The number of anilines is 2. The molecule has 4 heterocycles. The summed E-state index contributed by atoms with van der Waals surface area (Å²) in [6, 6.07) is 11.7. The smallest absolute Gasteiger partial charge is 0.259 e. The first-order chi connectivity index (χ1) is 16.0. The van der Waals surface area contributed by atoms with Gasteiger partial charge in [-0.15, -0.1) is 0 Å². The Labute approximate surface area is 193 Å². The minimum Gasteiger partial charge on any atom is -0.385 e. The Morgan fingerprint density at radius 1 is 1.12 bits per heavy atom. The first-order valence-electron chi connectivity index (χ1n) is 11.2. The van der Waals surface area contributed by atoms with Gasteiger partial charge in [0.25, 0.3) is 5.91 Å². The van der Waals surface area contributed by atoms with Crippen LogP contribution in [0.25, 0.3) is 6.08 Å². The van der Waals surface area contributed by atoms with E-state index >= 15 is 0 Å². The summed E-state index contributed by atoms with van der Waals surface area (Å²) >= 11 is 0. The molecule has 7 nitrogen and oxygen atoms in total. The van der Waals surface area contributed by atoms with Gasteiger partial charge >= 0.3 is 0 Å². The molecule has 2 aromatic heterocycles. The third-order valence-corrected chi connectivity index (χ3v) is 6.27. The molecule has 2 aliphatic heterocycles. The molecule has 0 atom stereocenters. The van der Waals surface area contributed by atoms with Gasteiger partial charge in [0.05, 0.1) is 17.8 Å². The Morgan fingerprint density at radius 3 is 2.94 bits per heavy atom. The van der Waals surface area contributed by atoms with Gasteiger partial charge in [-0.3, -0.25) is 9.78 Å². The Hall–Kier alpha value is -3.71. The molecule has 1 amide bonds. The second kappa shape index (κ2) is 8.67. The third-order valence-electron chi connectivity index (χ3n) is 6.27. The molecule has 5 rings (SSSR count). The van der Waals surface area contributed by atoms with Crippen LogP contribution in [-0.2, 0) is 25.0 Å². The molecule has 0 unspecified atom stereocenters. The van der Waals surface area contributed by atoms with E-state index in [0.29, 0.717) is 24.5 Å². The van der Waals surface area contributed by atoms with E-state index < -0.39 is 0 Å². The summed E-state index contributed by atoms with van der Waals surface area (Å²) in [7, 11) is 0. The fraction of sp³-hybridized carbons (Fsp3) is 0.269. The summed E-state index contributed by atoms with van der Waals surface area (Å²) in [5, 5.41) is 13.0. The normalized spacial score (nSPS) is 15.7. The predicted molar refractivity (Wildman–Crippen MR) is 131 cm³/mol. The Bertz CT molecular complexity index is 1230. The number of nitrogens with zero attached hydrogens (tertiary/aromatic N) is 2. The average Bonchev–Trinajstić information content (AvgIpc) is 2.82. The van der Waals surface area contributed by atoms with Crippen LogP contribution < -0.4 is 21.3 Å². The molecule has 0 spiro atoms. The van der Waals surface area contributed by atoms with Crippen molar-refractivity contribution in [3.63, 3.8) is 0 Å². The van der Waals surface area contributed by atoms with E-state index in [4.69, 9.17) is 0 Å². The van der Waals surface area contributed by atoms with Crippen molar-refractivity contribution in [2.24, 2.45) is 0 Å². The molecule has 0 saturated carbocycles. The lowest BCUT2D eigenvalue weighted by Gasteiger charge is -2.33. The van der Waals surface area contributed by atoms with Crippen LogP contribution >= 0.6 is 0 Å². The van der Waals surface area contributed by atoms with Crippen LogP contribution in [0.4, 0.5) is 11.5 Å². The van der Waals surface area contributed by atoms with Crippen LogP contribution in [-0.4, -0.2) is 22.4 Å². The summed E-state index contributed by atoms with van der Waals surface area (Å²) in [6.07, 6.45) is 7.47. The summed E-state index contributed by atoms with van der Waals surface area (Å²) in [4.78, 5) is 22.0. The lowest BCUT2D eigenvalue weighted by molar-refractivity contribution is 0.102. The maximum absolute atomic E-state index is 13.1. The number of aromatic nitrogens is 2. The number of amides is 1. The van der Waals surface area contributed by atoms with Crippen molar-refractivity contribution in [2.75, 3.05) is 17.2 Å². The first-order valence-corrected chi connectivity index (χ1v) is 11.2. The van der Waals surface area contributed by atoms with Crippen LogP contribution in [0.1, 0.15) is 52.2 Å². The molecule has 0 aliphatic carbocycles. The molecule has 0 bridgehead atoms. The zero-order valence-corrected chi connectivity index (χ0v) is 18.9. The summed E-state index contributed by atoms with van der Waals surface area (Å²) in [5.41, 5.74) is 7.15. The fourth-order valence-electron chi connectivity index (χ4n) is 4.55. The predicted octanol–water partition coefficient (Wildman–Crippen LogP) is 3.80. The van der Waals surface area contributed by atoms with Crippen molar-refractivity contribution in [1.29, 1.82) is 0 Å². The molecule has 7 heteroatoms. The second-order valence-electron chi connectivity index (χ2n) is 9.11. The monoisotopic (exact) mass is 440 g/mol. The summed E-state index contributed by atoms with van der Waals surface area (Å²) in [6.45, 7) is 7.48. The van der Waals surface area contributed by atoms with Crippen molar-refractivity contribution in [3.8, 4) is 0 Å². The van der Waals surface area contributed by atoms with Crippen LogP contribution in [0, 0.1) is 0 Å². The third kappa shape index (κ3) is 4.32. The number of pyridine rings is 2. The zero-order valence-electron chi connectivity index (χ0n) is 18.9. The summed E-state index contributed by atoms with van der Waals surface area (Å²) in [5.74, 6) is 0.369. The van der Waals surface area contributed by atoms with Crippen molar-refractivity contribution >= 4 is 23.5 Å². The van der Waals surface area contributed by atoms with Gasteiger partial charge in [-0.05, 0) is 59.3 Å². The maximum Gasteiger partial charge on any atom is 0.259 e. The Morgan fingerprint density at radius 2 is 2.03 bits per heavy atom. The SMILES string of the molecule is CC1(C)CNCc2cc(NC(=O)c3cccnc3NCc3ccnc4c3C=CNC4)ccc21. The molecule has 0 saturated heterocycles. The van der Waals surface area contributed by atoms with E-state index in [1.165, 1.54) is 11.1 Å². The van der Waals surface area contributed by atoms with Crippen LogP contribution in [0.3, 0.4) is 0 Å². The summed E-state index contributed by atoms with van der Waals surface area (Å²) < 4.78 is 0. The van der Waals surface area contributed by atoms with Gasteiger partial charge in [0.2, 0.25) is 0 Å². The van der Waals surface area contributed by atoms with Crippen LogP contribution in [0.2, 0.25) is 0 Å². The standard InChI is InChI=1S/C26H28N6O/c1-26(2)16-28-13-18-12-19(5-6-22(18)26)32-25(33)21-4-3-9-30-24(21)31-14-17-7-11-29-23-15-27-10-8-20(17)23/h3-12,27-28H,13-16H2,1-2H3,(H,30,31)(H,32,33). The van der Waals surface area contributed by atoms with Crippen molar-refractivity contribution in [2.45, 2.75) is 38.9 Å². The highest BCUT2D eigenvalue weighted by molar-refractivity contribution is 6.07. The van der Waals surface area contributed by atoms with Crippen molar-refractivity contribution in [3.05, 3.63) is 88.5 Å². The molecule has 0 radical (unpaired) electrons. The molecule has 168 valence electrons. The van der Waals surface area contributed by atoms with Crippen molar-refractivity contribution < 1.29 is 4.79 Å². The van der Waals surface area contributed by atoms with Crippen LogP contribution in [0.5, 0.6) is 0 Å². The highest BCUT2D eigenvalue weighted by atomic mass is 16.1. The molecule has 33 heavy (non-hydrogen) atoms. The number of carbonyl (C=O) groups is 1. The van der Waals surface area contributed by atoms with E-state index in [9.17, 15) is 4.79 Å². The first kappa shape index (κ1) is 21.2. The minimum atomic E-state index is -0.186. The van der Waals surface area contributed by atoms with Gasteiger partial charge in [0.15, 0.2) is 0 Å². The van der Waals surface area contributed by atoms with E-state index in [-0.39, 0.29) is 11.3 Å². The number of carbonyl (C=O) groups excluding carboxylic acids is 1. The van der Waals surface area contributed by atoms with Gasteiger partial charge < -0.3 is 21.3 Å². The van der Waals surface area contributed by atoms with E-state index in [0.717, 1.165) is 35.6 Å². The van der Waals surface area contributed by atoms with Crippen molar-refractivity contribution in [1.82, 2.24) is 20.6 Å². The van der Waals surface area contributed by atoms with Gasteiger partial charge in [-0.2, -0.15) is 0 Å². The molecule has 2 aliphatic rings. The molecular formula is C26H28N6O. The number of hydrogen-bond donors (Lipinski definition) is 4. The average molecular weight is 441 g/mol. The van der Waals surface area contributed by atoms with Gasteiger partial charge in [-0.1, -0.05) is 19.9 Å². The lowest BCUT2D eigenvalue weighted by Crippen LogP contribution is -2.38. The van der Waals surface area contributed by atoms with E-state index in [1.54, 1.807) is 18.3 Å². The number of fused-ring (bicyclic) bond motifs is 2. The minimum absolute atomic E-state index is 0.0773. The zero-order chi connectivity index (χ0) is 22.8. The quantitative estimate of drug-likeness (QED) is 0.483. The fourth-order valence-corrected chi connectivity index (χ4v) is 4.55. The lowest BCUT2D eigenvalue weighted by atomic mass is 9.79. The number of rotatable bonds is 5. The maximum atomic E-state index is 13.1. The largest absolute Gasteiger partial charge is 0.385 e. The molecule has 0 fully saturated rings. The van der Waals surface area contributed by atoms with Gasteiger partial charge in [0.1, 0.15) is 5.82 Å². The second-order valence-corrected chi connectivity index (χ2v) is 9.11. The number of nitrogens with one attached hydrogen (secondary N) is 4. The van der Waals surface area contributed by atoms with Crippen LogP contribution in [0.15, 0.2) is 55.0 Å². The molecular weight excluding hydrogens is 412 g/mol. The number of hydrogen-bond acceptors (Lipinski definition) is 6. The van der Waals surface area contributed by atoms with E-state index in [1.807, 2.05) is 30.6 Å². The molecule has 4 N–H and O–H groups in total. The van der Waals surface area contributed by atoms with Gasteiger partial charge in [0, 0.05) is 48.7 Å². The topological polar surface area (TPSA) is 91.0 Å².